The van der Waals surface area contributed by atoms with E-state index in [0.29, 0.717) is 18.5 Å². The molecule has 0 aliphatic heterocycles. The summed E-state index contributed by atoms with van der Waals surface area (Å²) in [5.41, 5.74) is 2.54. The van der Waals surface area contributed by atoms with E-state index in [1.165, 1.54) is 0 Å². The van der Waals surface area contributed by atoms with Gasteiger partial charge in [-0.1, -0.05) is 19.1 Å². The number of pyridine rings is 1. The summed E-state index contributed by atoms with van der Waals surface area (Å²) in [7, 11) is 0. The van der Waals surface area contributed by atoms with Gasteiger partial charge >= 0.3 is 6.03 Å². The molecule has 2 amide bonds. The van der Waals surface area contributed by atoms with Gasteiger partial charge in [0.15, 0.2) is 0 Å². The summed E-state index contributed by atoms with van der Waals surface area (Å²) in [6.07, 6.45) is 1.39. The van der Waals surface area contributed by atoms with Crippen LogP contribution in [0, 0.1) is 6.92 Å². The first-order valence-electron chi connectivity index (χ1n) is 7.66. The van der Waals surface area contributed by atoms with E-state index in [1.54, 1.807) is 0 Å². The summed E-state index contributed by atoms with van der Waals surface area (Å²) >= 11 is 0. The number of aromatic nitrogens is 1. The Balaban J connectivity index is 2.00. The van der Waals surface area contributed by atoms with Crippen LogP contribution in [0.25, 0.3) is 10.9 Å². The predicted octanol–water partition coefficient (Wildman–Crippen LogP) is 2.48. The summed E-state index contributed by atoms with van der Waals surface area (Å²) in [4.78, 5) is 26.6. The Kier molecular flexibility index (Phi) is 5.20. The number of aromatic amines is 1. The average Bonchev–Trinajstić information content (AvgIpc) is 2.47. The number of carbonyl (C=O) groups is 1. The van der Waals surface area contributed by atoms with E-state index < -0.39 is 0 Å². The van der Waals surface area contributed by atoms with Crippen LogP contribution < -0.4 is 16.2 Å². The lowest BCUT2D eigenvalue weighted by molar-refractivity contribution is 0.237. The van der Waals surface area contributed by atoms with Crippen LogP contribution in [0.3, 0.4) is 0 Å². The monoisotopic (exact) mass is 301 g/mol. The third kappa shape index (κ3) is 4.10. The number of H-pyrrole nitrogens is 1. The molecule has 0 saturated heterocycles. The number of fused-ring (bicyclic) bond motifs is 1. The van der Waals surface area contributed by atoms with Crippen molar-refractivity contribution in [2.45, 2.75) is 39.7 Å². The Morgan fingerprint density at radius 2 is 2.09 bits per heavy atom. The molecule has 0 bridgehead atoms. The molecule has 3 N–H and O–H groups in total. The second kappa shape index (κ2) is 7.11. The Morgan fingerprint density at radius 3 is 2.82 bits per heavy atom. The molecule has 0 fully saturated rings. The lowest BCUT2D eigenvalue weighted by Gasteiger charge is -2.12. The van der Waals surface area contributed by atoms with E-state index in [1.807, 2.05) is 45.0 Å². The minimum Gasteiger partial charge on any atom is -0.338 e. The molecule has 1 aromatic carbocycles. The highest BCUT2D eigenvalue weighted by molar-refractivity contribution is 5.79. The van der Waals surface area contributed by atoms with Crippen molar-refractivity contribution >= 4 is 16.9 Å². The summed E-state index contributed by atoms with van der Waals surface area (Å²) in [6, 6.07) is 7.81. The van der Waals surface area contributed by atoms with Crippen LogP contribution in [0.5, 0.6) is 0 Å². The van der Waals surface area contributed by atoms with Crippen molar-refractivity contribution in [3.05, 3.63) is 45.7 Å². The molecule has 5 nitrogen and oxygen atoms in total. The Morgan fingerprint density at radius 1 is 1.32 bits per heavy atom. The zero-order valence-electron chi connectivity index (χ0n) is 13.3. The molecule has 0 spiro atoms. The third-order valence-corrected chi connectivity index (χ3v) is 3.75. The molecule has 1 atom stereocenters. The Hall–Kier alpha value is -2.30. The van der Waals surface area contributed by atoms with E-state index >= 15 is 0 Å². The molecule has 1 unspecified atom stereocenters. The first-order chi connectivity index (χ1) is 10.5. The Labute approximate surface area is 130 Å². The fraction of sp³-hybridized carbons (Fsp3) is 0.412. The first-order valence-corrected chi connectivity index (χ1v) is 7.66. The van der Waals surface area contributed by atoms with Gasteiger partial charge in [0.05, 0.1) is 0 Å². The molecule has 2 rings (SSSR count). The molecule has 2 aromatic rings. The second-order valence-electron chi connectivity index (χ2n) is 5.67. The lowest BCUT2D eigenvalue weighted by Crippen LogP contribution is -2.41. The quantitative estimate of drug-likeness (QED) is 0.793. The topological polar surface area (TPSA) is 74.0 Å². The molecule has 1 aromatic heterocycles. The fourth-order valence-corrected chi connectivity index (χ4v) is 2.23. The van der Waals surface area contributed by atoms with Gasteiger partial charge in [0, 0.05) is 23.7 Å². The number of carbonyl (C=O) groups excluding carboxylic acids is 1. The smallest absolute Gasteiger partial charge is 0.315 e. The van der Waals surface area contributed by atoms with Crippen molar-refractivity contribution < 1.29 is 4.79 Å². The molecule has 0 aliphatic carbocycles. The number of hydrogen-bond acceptors (Lipinski definition) is 2. The highest BCUT2D eigenvalue weighted by Crippen LogP contribution is 2.13. The second-order valence-corrected chi connectivity index (χ2v) is 5.67. The molecular weight excluding hydrogens is 278 g/mol. The normalized spacial score (nSPS) is 12.1. The Bertz CT molecular complexity index is 721. The van der Waals surface area contributed by atoms with Gasteiger partial charge in [-0.2, -0.15) is 0 Å². The van der Waals surface area contributed by atoms with Gasteiger partial charge < -0.3 is 15.6 Å². The predicted molar refractivity (Wildman–Crippen MR) is 89.3 cm³/mol. The number of nitrogens with one attached hydrogen (secondary N) is 3. The minimum absolute atomic E-state index is 0.0952. The number of aryl methyl sites for hydroxylation is 1. The molecular formula is C17H23N3O2. The molecule has 5 heteroatoms. The highest BCUT2D eigenvalue weighted by Gasteiger charge is 2.06. The third-order valence-electron chi connectivity index (χ3n) is 3.75. The number of urea groups is 1. The van der Waals surface area contributed by atoms with E-state index in [4.69, 9.17) is 0 Å². The summed E-state index contributed by atoms with van der Waals surface area (Å²) < 4.78 is 0. The number of amides is 2. The van der Waals surface area contributed by atoms with Gasteiger partial charge in [0.1, 0.15) is 0 Å². The zero-order valence-corrected chi connectivity index (χ0v) is 13.3. The molecule has 0 saturated carbocycles. The minimum atomic E-state index is -0.192. The van der Waals surface area contributed by atoms with Crippen LogP contribution >= 0.6 is 0 Å². The maximum atomic E-state index is 12.1. The maximum Gasteiger partial charge on any atom is 0.315 e. The van der Waals surface area contributed by atoms with Crippen molar-refractivity contribution in [3.63, 3.8) is 0 Å². The van der Waals surface area contributed by atoms with Crippen molar-refractivity contribution in [1.29, 1.82) is 0 Å². The summed E-state index contributed by atoms with van der Waals surface area (Å²) in [6.45, 7) is 6.39. The summed E-state index contributed by atoms with van der Waals surface area (Å²) in [5, 5.41) is 6.61. The van der Waals surface area contributed by atoms with Crippen molar-refractivity contribution in [3.8, 4) is 0 Å². The van der Waals surface area contributed by atoms with Gasteiger partial charge in [-0.05, 0) is 49.8 Å². The largest absolute Gasteiger partial charge is 0.338 e. The van der Waals surface area contributed by atoms with Crippen molar-refractivity contribution in [1.82, 2.24) is 15.6 Å². The van der Waals surface area contributed by atoms with E-state index in [-0.39, 0.29) is 17.6 Å². The van der Waals surface area contributed by atoms with Crippen LogP contribution in [0.2, 0.25) is 0 Å². The van der Waals surface area contributed by atoms with Crippen LogP contribution in [-0.4, -0.2) is 23.6 Å². The van der Waals surface area contributed by atoms with E-state index in [0.717, 1.165) is 22.9 Å². The molecule has 0 radical (unpaired) electrons. The summed E-state index contributed by atoms with van der Waals surface area (Å²) in [5.74, 6) is 0. The van der Waals surface area contributed by atoms with Gasteiger partial charge in [0.25, 0.3) is 5.56 Å². The lowest BCUT2D eigenvalue weighted by atomic mass is 10.1. The molecule has 118 valence electrons. The molecule has 0 aliphatic rings. The van der Waals surface area contributed by atoms with Crippen LogP contribution in [-0.2, 0) is 6.42 Å². The SMILES string of the molecule is CCC(C)NC(=O)NCCc1cc2ccc(C)cc2[nH]c1=O. The van der Waals surface area contributed by atoms with Gasteiger partial charge in [-0.3, -0.25) is 4.79 Å². The van der Waals surface area contributed by atoms with Crippen molar-refractivity contribution in [2.24, 2.45) is 0 Å². The van der Waals surface area contributed by atoms with Gasteiger partial charge in [-0.25, -0.2) is 4.79 Å². The van der Waals surface area contributed by atoms with Gasteiger partial charge in [0.2, 0.25) is 0 Å². The first kappa shape index (κ1) is 16.1. The molecule has 1 heterocycles. The maximum absolute atomic E-state index is 12.1. The standard InChI is InChI=1S/C17H23N3O2/c1-4-12(3)19-17(22)18-8-7-14-10-13-6-5-11(2)9-15(13)20-16(14)21/h5-6,9-10,12H,4,7-8H2,1-3H3,(H,20,21)(H2,18,19,22). The van der Waals surface area contributed by atoms with E-state index in [9.17, 15) is 9.59 Å². The van der Waals surface area contributed by atoms with Gasteiger partial charge in [-0.15, -0.1) is 0 Å². The highest BCUT2D eigenvalue weighted by atomic mass is 16.2. The van der Waals surface area contributed by atoms with E-state index in [2.05, 4.69) is 15.6 Å². The number of hydrogen-bond donors (Lipinski definition) is 3. The van der Waals surface area contributed by atoms with Crippen LogP contribution in [0.1, 0.15) is 31.4 Å². The number of benzene rings is 1. The van der Waals surface area contributed by atoms with Crippen LogP contribution in [0.15, 0.2) is 29.1 Å². The van der Waals surface area contributed by atoms with Crippen molar-refractivity contribution in [2.75, 3.05) is 6.54 Å². The molecule has 22 heavy (non-hydrogen) atoms. The number of rotatable bonds is 5. The van der Waals surface area contributed by atoms with Crippen LogP contribution in [0.4, 0.5) is 4.79 Å². The zero-order chi connectivity index (χ0) is 16.1. The average molecular weight is 301 g/mol. The fourth-order valence-electron chi connectivity index (χ4n) is 2.23.